The van der Waals surface area contributed by atoms with Gasteiger partial charge in [0.05, 0.1) is 7.11 Å². The van der Waals surface area contributed by atoms with Gasteiger partial charge in [0, 0.05) is 43.0 Å². The van der Waals surface area contributed by atoms with Gasteiger partial charge in [-0.2, -0.15) is 5.10 Å². The molecule has 1 amide bonds. The van der Waals surface area contributed by atoms with Crippen LogP contribution in [0.2, 0.25) is 0 Å². The zero-order chi connectivity index (χ0) is 19.7. The molecule has 0 atom stereocenters. The zero-order valence-electron chi connectivity index (χ0n) is 15.8. The summed E-state index contributed by atoms with van der Waals surface area (Å²) >= 11 is 0. The van der Waals surface area contributed by atoms with E-state index in [-0.39, 0.29) is 5.91 Å². The molecule has 140 valence electrons. The topological polar surface area (TPSA) is 84.0 Å². The summed E-state index contributed by atoms with van der Waals surface area (Å²) < 4.78 is 5.42. The van der Waals surface area contributed by atoms with Gasteiger partial charge in [-0.15, -0.1) is 0 Å². The number of carbonyl (C=O) groups excluding carboxylic acids is 1. The predicted molar refractivity (Wildman–Crippen MR) is 107 cm³/mol. The highest BCUT2D eigenvalue weighted by molar-refractivity contribution is 5.96. The van der Waals surface area contributed by atoms with Gasteiger partial charge < -0.3 is 9.64 Å². The van der Waals surface area contributed by atoms with Gasteiger partial charge in [-0.25, -0.2) is 4.98 Å². The number of aromatic amines is 1. The van der Waals surface area contributed by atoms with Crippen molar-refractivity contribution in [1.82, 2.24) is 25.1 Å². The van der Waals surface area contributed by atoms with E-state index < -0.39 is 0 Å². The summed E-state index contributed by atoms with van der Waals surface area (Å²) in [4.78, 5) is 22.7. The maximum absolute atomic E-state index is 12.3. The van der Waals surface area contributed by atoms with Crippen molar-refractivity contribution in [2.24, 2.45) is 0 Å². The second-order valence-corrected chi connectivity index (χ2v) is 6.53. The average Bonchev–Trinajstić information content (AvgIpc) is 3.16. The van der Waals surface area contributed by atoms with Crippen LogP contribution < -0.4 is 4.74 Å². The summed E-state index contributed by atoms with van der Waals surface area (Å²) in [5, 5.41) is 8.16. The standard InChI is InChI=1S/C21H19N5O2/c1-26(2)21(27)14-7-4-6-13(10-14)15-11-16-18(24-25-20(16)23-12-15)19-17(28-3)8-5-9-22-19/h4-12H,1-3H3,(H,23,24,25). The van der Waals surface area contributed by atoms with Gasteiger partial charge in [0.1, 0.15) is 17.1 Å². The molecular weight excluding hydrogens is 354 g/mol. The molecule has 0 aliphatic rings. The molecule has 7 nitrogen and oxygen atoms in total. The minimum absolute atomic E-state index is 0.0434. The Bertz CT molecular complexity index is 1170. The van der Waals surface area contributed by atoms with Gasteiger partial charge >= 0.3 is 0 Å². The number of H-pyrrole nitrogens is 1. The van der Waals surface area contributed by atoms with Gasteiger partial charge in [0.2, 0.25) is 0 Å². The Morgan fingerprint density at radius 1 is 1.04 bits per heavy atom. The number of nitrogens with zero attached hydrogens (tertiary/aromatic N) is 4. The van der Waals surface area contributed by atoms with Gasteiger partial charge in [-0.05, 0) is 35.9 Å². The lowest BCUT2D eigenvalue weighted by Gasteiger charge is -2.11. The average molecular weight is 373 g/mol. The number of aromatic nitrogens is 4. The molecule has 3 aromatic heterocycles. The Kier molecular flexibility index (Phi) is 4.49. The Morgan fingerprint density at radius 3 is 2.68 bits per heavy atom. The number of methoxy groups -OCH3 is 1. The van der Waals surface area contributed by atoms with Crippen molar-refractivity contribution in [3.8, 4) is 28.3 Å². The molecule has 0 unspecified atom stereocenters. The Hall–Kier alpha value is -3.74. The molecule has 1 N–H and O–H groups in total. The highest BCUT2D eigenvalue weighted by atomic mass is 16.5. The molecule has 0 fully saturated rings. The first-order valence-corrected chi connectivity index (χ1v) is 8.74. The number of rotatable bonds is 4. The number of amides is 1. The maximum Gasteiger partial charge on any atom is 0.253 e. The summed E-state index contributed by atoms with van der Waals surface area (Å²) in [6.45, 7) is 0. The van der Waals surface area contributed by atoms with Crippen LogP contribution >= 0.6 is 0 Å². The number of hydrogen-bond acceptors (Lipinski definition) is 5. The van der Waals surface area contributed by atoms with E-state index in [2.05, 4.69) is 20.2 Å². The minimum Gasteiger partial charge on any atom is -0.494 e. The third kappa shape index (κ3) is 3.07. The predicted octanol–water partition coefficient (Wildman–Crippen LogP) is 3.40. The number of fused-ring (bicyclic) bond motifs is 1. The van der Waals surface area contributed by atoms with Crippen LogP contribution in [-0.4, -0.2) is 52.2 Å². The van der Waals surface area contributed by atoms with Gasteiger partial charge in [0.25, 0.3) is 5.91 Å². The molecule has 0 saturated carbocycles. The summed E-state index contributed by atoms with van der Waals surface area (Å²) in [6.07, 6.45) is 3.46. The number of benzene rings is 1. The first-order chi connectivity index (χ1) is 13.6. The monoisotopic (exact) mass is 373 g/mol. The largest absolute Gasteiger partial charge is 0.494 e. The van der Waals surface area contributed by atoms with Crippen molar-refractivity contribution in [1.29, 1.82) is 0 Å². The number of nitrogens with one attached hydrogen (secondary N) is 1. The second kappa shape index (κ2) is 7.11. The van der Waals surface area contributed by atoms with Crippen molar-refractivity contribution in [2.75, 3.05) is 21.2 Å². The molecule has 4 aromatic rings. The highest BCUT2D eigenvalue weighted by Crippen LogP contribution is 2.32. The molecule has 3 heterocycles. The number of carbonyl (C=O) groups is 1. The number of pyridine rings is 2. The fourth-order valence-electron chi connectivity index (χ4n) is 3.06. The molecule has 0 spiro atoms. The van der Waals surface area contributed by atoms with Crippen LogP contribution in [0.25, 0.3) is 33.5 Å². The Labute approximate surface area is 162 Å². The molecular formula is C21H19N5O2. The fourth-order valence-corrected chi connectivity index (χ4v) is 3.06. The molecule has 28 heavy (non-hydrogen) atoms. The first-order valence-electron chi connectivity index (χ1n) is 8.74. The summed E-state index contributed by atoms with van der Waals surface area (Å²) in [5.74, 6) is 0.595. The van der Waals surface area contributed by atoms with E-state index in [9.17, 15) is 4.79 Å². The van der Waals surface area contributed by atoms with E-state index in [0.717, 1.165) is 16.5 Å². The lowest BCUT2D eigenvalue weighted by atomic mass is 10.0. The third-order valence-electron chi connectivity index (χ3n) is 4.48. The normalized spacial score (nSPS) is 10.8. The molecule has 4 rings (SSSR count). The maximum atomic E-state index is 12.3. The van der Waals surface area contributed by atoms with Crippen molar-refractivity contribution in [3.63, 3.8) is 0 Å². The molecule has 7 heteroatoms. The highest BCUT2D eigenvalue weighted by Gasteiger charge is 2.16. The lowest BCUT2D eigenvalue weighted by Crippen LogP contribution is -2.21. The van der Waals surface area contributed by atoms with Gasteiger partial charge in [-0.3, -0.25) is 14.9 Å². The van der Waals surface area contributed by atoms with Crippen molar-refractivity contribution >= 4 is 16.9 Å². The molecule has 0 aliphatic heterocycles. The number of ether oxygens (including phenoxy) is 1. The van der Waals surface area contributed by atoms with Crippen LogP contribution in [0.4, 0.5) is 0 Å². The van der Waals surface area contributed by atoms with Crippen molar-refractivity contribution in [2.45, 2.75) is 0 Å². The van der Waals surface area contributed by atoms with Crippen LogP contribution in [0, 0.1) is 0 Å². The fraction of sp³-hybridized carbons (Fsp3) is 0.143. The Balaban J connectivity index is 1.83. The zero-order valence-corrected chi connectivity index (χ0v) is 15.8. The molecule has 0 radical (unpaired) electrons. The van der Waals surface area contributed by atoms with E-state index in [1.54, 1.807) is 44.6 Å². The van der Waals surface area contributed by atoms with Crippen molar-refractivity contribution in [3.05, 3.63) is 60.4 Å². The first kappa shape index (κ1) is 17.7. The smallest absolute Gasteiger partial charge is 0.253 e. The van der Waals surface area contributed by atoms with E-state index in [4.69, 9.17) is 4.74 Å². The Morgan fingerprint density at radius 2 is 1.89 bits per heavy atom. The van der Waals surface area contributed by atoms with Crippen molar-refractivity contribution < 1.29 is 9.53 Å². The van der Waals surface area contributed by atoms with E-state index in [1.165, 1.54) is 0 Å². The van der Waals surface area contributed by atoms with Gasteiger partial charge in [0.15, 0.2) is 5.65 Å². The summed E-state index contributed by atoms with van der Waals surface area (Å²) in [7, 11) is 5.08. The lowest BCUT2D eigenvalue weighted by molar-refractivity contribution is 0.0827. The molecule has 1 aromatic carbocycles. The van der Waals surface area contributed by atoms with Gasteiger partial charge in [-0.1, -0.05) is 12.1 Å². The molecule has 0 saturated heterocycles. The third-order valence-corrected chi connectivity index (χ3v) is 4.48. The van der Waals surface area contributed by atoms with Crippen LogP contribution in [-0.2, 0) is 0 Å². The molecule has 0 bridgehead atoms. The molecule has 0 aliphatic carbocycles. The second-order valence-electron chi connectivity index (χ2n) is 6.53. The number of hydrogen-bond donors (Lipinski definition) is 1. The summed E-state index contributed by atoms with van der Waals surface area (Å²) in [6, 6.07) is 13.1. The van der Waals surface area contributed by atoms with Crippen LogP contribution in [0.3, 0.4) is 0 Å². The van der Waals surface area contributed by atoms with E-state index in [1.807, 2.05) is 36.4 Å². The minimum atomic E-state index is -0.0434. The SMILES string of the molecule is COc1cccnc1-c1n[nH]c2ncc(-c3cccc(C(=O)N(C)C)c3)cc12. The van der Waals surface area contributed by atoms with E-state index in [0.29, 0.717) is 28.3 Å². The quantitative estimate of drug-likeness (QED) is 0.593. The summed E-state index contributed by atoms with van der Waals surface area (Å²) in [5.41, 5.74) is 4.39. The van der Waals surface area contributed by atoms with E-state index >= 15 is 0 Å². The van der Waals surface area contributed by atoms with Crippen LogP contribution in [0.15, 0.2) is 54.9 Å². The van der Waals surface area contributed by atoms with Crippen LogP contribution in [0.1, 0.15) is 10.4 Å². The van der Waals surface area contributed by atoms with Crippen LogP contribution in [0.5, 0.6) is 5.75 Å².